The molecule has 7 heteroatoms. The quantitative estimate of drug-likeness (QED) is 0.760. The number of amides is 2. The van der Waals surface area contributed by atoms with E-state index in [0.29, 0.717) is 24.2 Å². The van der Waals surface area contributed by atoms with Gasteiger partial charge >= 0.3 is 0 Å². The molecule has 2 aromatic heterocycles. The molecule has 1 aliphatic rings. The van der Waals surface area contributed by atoms with Crippen LogP contribution in [0.5, 0.6) is 0 Å². The van der Waals surface area contributed by atoms with Gasteiger partial charge in [0.1, 0.15) is 6.04 Å². The number of hydrogen-bond acceptors (Lipinski definition) is 4. The number of likely N-dealkylation sites (tertiary alicyclic amines) is 1. The highest BCUT2D eigenvalue weighted by molar-refractivity contribution is 6.01. The first kappa shape index (κ1) is 17.9. The first-order valence-corrected chi connectivity index (χ1v) is 9.26. The van der Waals surface area contributed by atoms with E-state index in [4.69, 9.17) is 0 Å². The third-order valence-corrected chi connectivity index (χ3v) is 4.86. The van der Waals surface area contributed by atoms with Crippen LogP contribution < -0.4 is 5.32 Å². The molecular weight excluding hydrogens is 354 g/mol. The van der Waals surface area contributed by atoms with E-state index in [2.05, 4.69) is 15.4 Å². The van der Waals surface area contributed by atoms with E-state index in [0.717, 1.165) is 17.8 Å². The number of nitrogens with one attached hydrogen (secondary N) is 1. The summed E-state index contributed by atoms with van der Waals surface area (Å²) in [5.41, 5.74) is 2.89. The molecule has 3 heterocycles. The summed E-state index contributed by atoms with van der Waals surface area (Å²) in [6.07, 6.45) is 6.56. The summed E-state index contributed by atoms with van der Waals surface area (Å²) in [5.74, 6) is -0.334. The lowest BCUT2D eigenvalue weighted by atomic mass is 10.1. The third kappa shape index (κ3) is 3.64. The van der Waals surface area contributed by atoms with E-state index in [1.54, 1.807) is 34.1 Å². The Balaban J connectivity index is 1.49. The van der Waals surface area contributed by atoms with E-state index in [9.17, 15) is 9.59 Å². The Morgan fingerprint density at radius 2 is 2.07 bits per heavy atom. The summed E-state index contributed by atoms with van der Waals surface area (Å²) in [7, 11) is 0. The molecule has 1 unspecified atom stereocenters. The molecule has 0 saturated carbocycles. The van der Waals surface area contributed by atoms with Gasteiger partial charge in [0, 0.05) is 36.5 Å². The average Bonchev–Trinajstić information content (AvgIpc) is 3.40. The van der Waals surface area contributed by atoms with E-state index in [-0.39, 0.29) is 11.8 Å². The minimum absolute atomic E-state index is 0.157. The molecule has 142 valence electrons. The van der Waals surface area contributed by atoms with Crippen LogP contribution >= 0.6 is 0 Å². The number of aryl methyl sites for hydroxylation is 1. The summed E-state index contributed by atoms with van der Waals surface area (Å²) in [6, 6.07) is 12.4. The highest BCUT2D eigenvalue weighted by Gasteiger charge is 2.34. The van der Waals surface area contributed by atoms with Gasteiger partial charge in [0.05, 0.1) is 11.3 Å². The van der Waals surface area contributed by atoms with E-state index >= 15 is 0 Å². The molecule has 4 rings (SSSR count). The van der Waals surface area contributed by atoms with Crippen LogP contribution in [-0.2, 0) is 4.79 Å². The van der Waals surface area contributed by atoms with Crippen LogP contribution in [0.15, 0.2) is 61.1 Å². The van der Waals surface area contributed by atoms with Gasteiger partial charge in [-0.3, -0.25) is 14.6 Å². The topological polar surface area (TPSA) is 80.1 Å². The fourth-order valence-electron chi connectivity index (χ4n) is 3.42. The number of anilines is 1. The molecule has 1 aromatic carbocycles. The first-order chi connectivity index (χ1) is 13.6. The lowest BCUT2D eigenvalue weighted by Gasteiger charge is -2.24. The minimum atomic E-state index is -0.484. The molecular formula is C21H21N5O2. The lowest BCUT2D eigenvalue weighted by Crippen LogP contribution is -2.43. The van der Waals surface area contributed by atoms with Gasteiger partial charge in [-0.1, -0.05) is 6.07 Å². The van der Waals surface area contributed by atoms with E-state index in [1.807, 2.05) is 43.5 Å². The average molecular weight is 375 g/mol. The number of rotatable bonds is 4. The standard InChI is InChI=1S/C21H21N5O2/c1-15-8-9-16(14-22-15)21(28)25-11-3-7-19(25)20(27)24-17-5-2-6-18(13-17)26-12-4-10-23-26/h2,4-6,8-10,12-14,19H,3,7,11H2,1H3,(H,24,27). The Morgan fingerprint density at radius 3 is 2.82 bits per heavy atom. The van der Waals surface area contributed by atoms with Crippen LogP contribution in [0.2, 0.25) is 0 Å². The van der Waals surface area contributed by atoms with Gasteiger partial charge in [-0.2, -0.15) is 5.10 Å². The molecule has 1 saturated heterocycles. The van der Waals surface area contributed by atoms with Crippen molar-refractivity contribution < 1.29 is 9.59 Å². The lowest BCUT2D eigenvalue weighted by molar-refractivity contribution is -0.119. The molecule has 1 fully saturated rings. The summed E-state index contributed by atoms with van der Waals surface area (Å²) in [5, 5.41) is 7.15. The summed E-state index contributed by atoms with van der Waals surface area (Å²) < 4.78 is 1.73. The second-order valence-electron chi connectivity index (χ2n) is 6.84. The second kappa shape index (κ2) is 7.64. The molecule has 0 spiro atoms. The molecule has 2 amide bonds. The predicted octanol–water partition coefficient (Wildman–Crippen LogP) is 2.82. The van der Waals surface area contributed by atoms with Crippen molar-refractivity contribution in [2.45, 2.75) is 25.8 Å². The smallest absolute Gasteiger partial charge is 0.256 e. The van der Waals surface area contributed by atoms with Crippen LogP contribution in [0.25, 0.3) is 5.69 Å². The SMILES string of the molecule is Cc1ccc(C(=O)N2CCCC2C(=O)Nc2cccc(-n3cccn3)c2)cn1. The fourth-order valence-corrected chi connectivity index (χ4v) is 3.42. The molecule has 0 radical (unpaired) electrons. The second-order valence-corrected chi connectivity index (χ2v) is 6.84. The van der Waals surface area contributed by atoms with Crippen molar-refractivity contribution >= 4 is 17.5 Å². The van der Waals surface area contributed by atoms with Crippen LogP contribution in [0.4, 0.5) is 5.69 Å². The molecule has 1 N–H and O–H groups in total. The maximum atomic E-state index is 12.9. The minimum Gasteiger partial charge on any atom is -0.327 e. The Hall–Kier alpha value is -3.48. The molecule has 0 aliphatic carbocycles. The number of pyridine rings is 1. The Morgan fingerprint density at radius 1 is 1.18 bits per heavy atom. The van der Waals surface area contributed by atoms with E-state index in [1.165, 1.54) is 0 Å². The van der Waals surface area contributed by atoms with Gasteiger partial charge in [-0.15, -0.1) is 0 Å². The summed E-state index contributed by atoms with van der Waals surface area (Å²) in [6.45, 7) is 2.44. The van der Waals surface area contributed by atoms with Gasteiger partial charge < -0.3 is 10.2 Å². The van der Waals surface area contributed by atoms with Crippen LogP contribution in [0.1, 0.15) is 28.9 Å². The Kier molecular flexibility index (Phi) is 4.89. The van der Waals surface area contributed by atoms with Crippen molar-refractivity contribution in [2.75, 3.05) is 11.9 Å². The van der Waals surface area contributed by atoms with E-state index < -0.39 is 6.04 Å². The van der Waals surface area contributed by atoms with Crippen molar-refractivity contribution in [2.24, 2.45) is 0 Å². The molecule has 0 bridgehead atoms. The highest BCUT2D eigenvalue weighted by Crippen LogP contribution is 2.22. The number of benzene rings is 1. The Bertz CT molecular complexity index is 982. The zero-order valence-electron chi connectivity index (χ0n) is 15.6. The fraction of sp³-hybridized carbons (Fsp3) is 0.238. The molecule has 3 aromatic rings. The zero-order valence-corrected chi connectivity index (χ0v) is 15.6. The zero-order chi connectivity index (χ0) is 19.5. The van der Waals surface area contributed by atoms with Crippen LogP contribution in [0.3, 0.4) is 0 Å². The summed E-state index contributed by atoms with van der Waals surface area (Å²) >= 11 is 0. The number of aromatic nitrogens is 3. The predicted molar refractivity (Wildman–Crippen MR) is 105 cm³/mol. The van der Waals surface area contributed by atoms with Crippen LogP contribution in [0, 0.1) is 6.92 Å². The number of hydrogen-bond donors (Lipinski definition) is 1. The van der Waals surface area contributed by atoms with Crippen molar-refractivity contribution in [3.8, 4) is 5.69 Å². The highest BCUT2D eigenvalue weighted by atomic mass is 16.2. The summed E-state index contributed by atoms with van der Waals surface area (Å²) in [4.78, 5) is 31.5. The maximum Gasteiger partial charge on any atom is 0.256 e. The molecule has 1 aliphatic heterocycles. The monoisotopic (exact) mass is 375 g/mol. The van der Waals surface area contributed by atoms with Gasteiger partial charge in [0.25, 0.3) is 5.91 Å². The molecule has 1 atom stereocenters. The van der Waals surface area contributed by atoms with Crippen molar-refractivity contribution in [1.29, 1.82) is 0 Å². The van der Waals surface area contributed by atoms with Crippen molar-refractivity contribution in [3.05, 3.63) is 72.3 Å². The molecule has 28 heavy (non-hydrogen) atoms. The van der Waals surface area contributed by atoms with Gasteiger partial charge in [0.15, 0.2) is 0 Å². The van der Waals surface area contributed by atoms with Crippen molar-refractivity contribution in [1.82, 2.24) is 19.7 Å². The largest absolute Gasteiger partial charge is 0.327 e. The third-order valence-electron chi connectivity index (χ3n) is 4.86. The maximum absolute atomic E-state index is 12.9. The normalized spacial score (nSPS) is 16.2. The molecule has 7 nitrogen and oxygen atoms in total. The van der Waals surface area contributed by atoms with Crippen molar-refractivity contribution in [3.63, 3.8) is 0 Å². The Labute approximate surface area is 163 Å². The number of carbonyl (C=O) groups excluding carboxylic acids is 2. The van der Waals surface area contributed by atoms with Gasteiger partial charge in [0.2, 0.25) is 5.91 Å². The first-order valence-electron chi connectivity index (χ1n) is 9.26. The van der Waals surface area contributed by atoms with Gasteiger partial charge in [-0.25, -0.2) is 4.68 Å². The number of nitrogens with zero attached hydrogens (tertiary/aromatic N) is 4. The van der Waals surface area contributed by atoms with Gasteiger partial charge in [-0.05, 0) is 56.2 Å². The number of carbonyl (C=O) groups is 2. The van der Waals surface area contributed by atoms with Crippen LogP contribution in [-0.4, -0.2) is 44.1 Å².